The Morgan fingerprint density at radius 3 is 0.609 bits per heavy atom. The Kier molecular flexibility index (Phi) is 73.9. The van der Waals surface area contributed by atoms with Crippen molar-refractivity contribution >= 4 is 0 Å². The summed E-state index contributed by atoms with van der Waals surface area (Å²) >= 11 is 0. The fourth-order valence-corrected chi connectivity index (χ4v) is 9.58. The molecule has 2 aliphatic carbocycles. The van der Waals surface area contributed by atoms with Crippen LogP contribution in [-0.2, 0) is 0 Å². The molecule has 856 valence electrons. The predicted molar refractivity (Wildman–Crippen MR) is 614 cm³/mol. The molecule has 2 rings (SSSR count). The molecule has 2 fully saturated rings. The monoisotopic (exact) mass is 2000 g/mol. The molecule has 138 heavy (non-hydrogen) atoms. The maximum absolute atomic E-state index is 10.2. The third-order valence-corrected chi connectivity index (χ3v) is 27.9. The van der Waals surface area contributed by atoms with Crippen LogP contribution in [-0.4, -0.2) is 175 Å². The topological polar surface area (TPSA) is 324 Å². The van der Waals surface area contributed by atoms with E-state index in [1.54, 1.807) is 27.7 Å². The van der Waals surface area contributed by atoms with E-state index >= 15 is 0 Å². The number of hydrogen-bond donors (Lipinski definition) is 16. The van der Waals surface area contributed by atoms with Gasteiger partial charge in [-0.2, -0.15) is 0 Å². The molecule has 0 aliphatic heterocycles. The van der Waals surface area contributed by atoms with Crippen molar-refractivity contribution in [3.8, 4) is 0 Å². The molecule has 16 heteroatoms. The molecule has 16 N–H and O–H groups in total. The number of hydrogen-bond acceptors (Lipinski definition) is 16. The first-order valence-electron chi connectivity index (χ1n) is 55.4. The smallest absolute Gasteiger partial charge is 0.0697 e. The van der Waals surface area contributed by atoms with Crippen LogP contribution in [0, 0.1) is 92.1 Å². The van der Waals surface area contributed by atoms with E-state index in [4.69, 9.17) is 25.9 Å². The molecule has 8 unspecified atom stereocenters. The normalized spacial score (nSPS) is 18.7. The minimum Gasteiger partial charge on any atom is -0.396 e. The number of rotatable bonds is 15. The van der Waals surface area contributed by atoms with E-state index in [9.17, 15) is 61.3 Å². The van der Waals surface area contributed by atoms with Crippen LogP contribution in [0.3, 0.4) is 0 Å². The lowest BCUT2D eigenvalue weighted by Crippen LogP contribution is -2.41. The second-order valence-corrected chi connectivity index (χ2v) is 61.9. The van der Waals surface area contributed by atoms with Crippen molar-refractivity contribution in [1.82, 2.24) is 0 Å². The molecule has 0 bridgehead atoms. The van der Waals surface area contributed by atoms with Crippen molar-refractivity contribution in [3.63, 3.8) is 0 Å². The molecule has 0 aromatic carbocycles. The van der Waals surface area contributed by atoms with Gasteiger partial charge in [0.25, 0.3) is 0 Å². The fourth-order valence-electron chi connectivity index (χ4n) is 9.58. The molecule has 0 aromatic heterocycles. The Bertz CT molecular complexity index is 2820. The highest BCUT2D eigenvalue weighted by Gasteiger charge is 2.57. The molecule has 2 saturated carbocycles. The van der Waals surface area contributed by atoms with Crippen molar-refractivity contribution in [2.24, 2.45) is 92.1 Å². The maximum Gasteiger partial charge on any atom is 0.0697 e. The van der Waals surface area contributed by atoms with E-state index in [1.807, 2.05) is 208 Å². The first kappa shape index (κ1) is 157. The molecule has 0 aromatic rings. The van der Waals surface area contributed by atoms with Gasteiger partial charge < -0.3 is 81.7 Å². The third-order valence-electron chi connectivity index (χ3n) is 27.9. The SMILES string of the molecule is CC(C)(C)C(C)(C)O.CC(C)(C)C(C)(C)O.CC(C)(C)C1(C)CC1O.CC(C)(C)C1(O)CC1.CC(C)(C)CC(C)(C)O.CC(C)(C)CCC(C)(C)O.CC(C)(C)CCCC(C)(C)O.CC(C)(C)CCO.CC(C)(C)CO.CC(O)C(C)(C)C.CCC(C)(O)C(C)(C)C.CCC(O)(CC)C(C)(C)C.CCCC(C)(O)C(C)(C)C.CCCC(O)(CC)C(C)(C)C.[2H]C(C)(O)C(C)(C)C.[2H]C([2H])([2H])C(C)(O)C(C)(C)C. The van der Waals surface area contributed by atoms with Gasteiger partial charge in [-0.3, -0.25) is 0 Å². The molecule has 0 heterocycles. The van der Waals surface area contributed by atoms with Crippen LogP contribution in [0.5, 0.6) is 0 Å². The molecule has 0 saturated heterocycles. The largest absolute Gasteiger partial charge is 0.396 e. The molecule has 0 radical (unpaired) electrons. The van der Waals surface area contributed by atoms with Crippen LogP contribution >= 0.6 is 0 Å². The van der Waals surface area contributed by atoms with Crippen LogP contribution in [0.1, 0.15) is 613 Å². The van der Waals surface area contributed by atoms with Crippen molar-refractivity contribution in [3.05, 3.63) is 0 Å². The third kappa shape index (κ3) is 103. The second kappa shape index (κ2) is 64.8. The van der Waals surface area contributed by atoms with E-state index < -0.39 is 74.4 Å². The van der Waals surface area contributed by atoms with Gasteiger partial charge in [0.2, 0.25) is 0 Å². The molecule has 16 nitrogen and oxygen atoms in total. The van der Waals surface area contributed by atoms with Crippen molar-refractivity contribution in [1.29, 1.82) is 0 Å². The van der Waals surface area contributed by atoms with Gasteiger partial charge in [-0.25, -0.2) is 0 Å². The lowest BCUT2D eigenvalue weighted by Gasteiger charge is -2.39. The van der Waals surface area contributed by atoms with Crippen molar-refractivity contribution in [2.75, 3.05) is 13.2 Å². The van der Waals surface area contributed by atoms with Gasteiger partial charge in [-0.1, -0.05) is 400 Å². The van der Waals surface area contributed by atoms with Gasteiger partial charge >= 0.3 is 0 Å². The summed E-state index contributed by atoms with van der Waals surface area (Å²) in [6.07, 6.45) is 15.6. The Hall–Kier alpha value is -0.640. The standard InChI is InChI=1S/2C10H22O.3C9H20O.C8H16O.2C8H18O.C7H14O.3C7H16O.3C6H14O.C5H12O/c1-9(2,3)7-6-8-10(4,5)11;1-6-8-10(11,7-2)9(3,4)5;1-8(2,3)6-7-9(4,5)10;1-6-7-9(5,10)8(2,3)4;1-6-9(10,7-2)8(3,4)5;1-7(2,3)8(4)5-6(8)9;1-7(2,3)6-8(4,5)9;1-6-8(5,9)7(2,3)4;1-6(2,3)7(8)4-5-7;3*1-6(2,3)7(4,5)8;1-6(2,3)4-5-7;2*1-5(7)6(2,3)4;1-5(2,3)4-6/h2*11H,6-8H2,1-5H3;3*10H,6-7H2,1-5H3;6,9H,5H2,1-4H3;2*9H,6H2,1-5H3;8H,4-5H2,1-3H3;3*8H,1-5H3;7H,4-5H2,1-3H3;2*5,7H,1-4H3;6H,4H2,1-3H3/i;;;;;;;;;4D3;;;;5D;;. The van der Waals surface area contributed by atoms with Gasteiger partial charge in [0.1, 0.15) is 0 Å². The van der Waals surface area contributed by atoms with Crippen LogP contribution < -0.4 is 0 Å². The predicted octanol–water partition coefficient (Wildman–Crippen LogP) is 32.1. The van der Waals surface area contributed by atoms with Crippen LogP contribution in [0.4, 0.5) is 0 Å². The molecule has 0 spiro atoms. The average molecular weight is 2000 g/mol. The van der Waals surface area contributed by atoms with E-state index in [0.29, 0.717) is 22.9 Å². The Morgan fingerprint density at radius 2 is 0.565 bits per heavy atom. The second-order valence-electron chi connectivity index (χ2n) is 61.9. The summed E-state index contributed by atoms with van der Waals surface area (Å²) in [6.45, 7) is 138. The van der Waals surface area contributed by atoms with Gasteiger partial charge in [0.15, 0.2) is 0 Å². The quantitative estimate of drug-likeness (QED) is 0.0724. The van der Waals surface area contributed by atoms with E-state index in [0.717, 1.165) is 109 Å². The first-order valence-corrected chi connectivity index (χ1v) is 53.4. The summed E-state index contributed by atoms with van der Waals surface area (Å²) in [5.74, 6) is 0. The summed E-state index contributed by atoms with van der Waals surface area (Å²) in [6, 6.07) is 0. The average Bonchev–Trinajstić information content (AvgIpc) is 1.59. The summed E-state index contributed by atoms with van der Waals surface area (Å²) in [5.41, 5.74) is -5.47. The summed E-state index contributed by atoms with van der Waals surface area (Å²) < 4.78 is 28.4. The summed E-state index contributed by atoms with van der Waals surface area (Å²) in [5, 5.41) is 150. The van der Waals surface area contributed by atoms with Gasteiger partial charge in [0, 0.05) is 22.7 Å². The van der Waals surface area contributed by atoms with E-state index in [1.165, 1.54) is 20.3 Å². The highest BCUT2D eigenvalue weighted by molar-refractivity contribution is 5.06. The van der Waals surface area contributed by atoms with Crippen LogP contribution in [0.25, 0.3) is 0 Å². The number of aliphatic hydroxyl groups excluding tert-OH is 4. The zero-order valence-electron chi connectivity index (χ0n) is 111. The fraction of sp³-hybridized carbons (Fsp3) is 1.00. The molecular formula is C122H272O16. The molecular weight excluding hydrogens is 1720 g/mol. The zero-order valence-corrected chi connectivity index (χ0v) is 107. The Balaban J connectivity index is -0.000000103. The summed E-state index contributed by atoms with van der Waals surface area (Å²) in [7, 11) is 0. The first-order chi connectivity index (χ1) is 60.1. The minimum absolute atomic E-state index is 0.00174. The molecule has 2 aliphatic rings. The number of aliphatic hydroxyl groups is 16. The minimum atomic E-state index is -2.31. The van der Waals surface area contributed by atoms with Crippen molar-refractivity contribution in [2.45, 2.75) is 687 Å². The van der Waals surface area contributed by atoms with E-state index in [2.05, 4.69) is 235 Å². The Labute approximate surface area is 874 Å². The molecule has 8 atom stereocenters. The summed E-state index contributed by atoms with van der Waals surface area (Å²) in [4.78, 5) is 0. The van der Waals surface area contributed by atoms with Crippen molar-refractivity contribution < 1.29 is 87.2 Å². The van der Waals surface area contributed by atoms with Gasteiger partial charge in [0.05, 0.1) is 81.3 Å². The highest BCUT2D eigenvalue weighted by Crippen LogP contribution is 2.58. The lowest BCUT2D eigenvalue weighted by molar-refractivity contribution is -0.0678. The molecule has 0 amide bonds. The Morgan fingerprint density at radius 1 is 0.312 bits per heavy atom. The maximum atomic E-state index is 10.2. The van der Waals surface area contributed by atoms with Crippen LogP contribution in [0.2, 0.25) is 0 Å². The lowest BCUT2D eigenvalue weighted by atomic mass is 9.72. The van der Waals surface area contributed by atoms with Gasteiger partial charge in [-0.15, -0.1) is 0 Å². The van der Waals surface area contributed by atoms with E-state index in [-0.39, 0.29) is 94.8 Å². The van der Waals surface area contributed by atoms with Crippen LogP contribution in [0.15, 0.2) is 0 Å². The van der Waals surface area contributed by atoms with Gasteiger partial charge in [-0.05, 0) is 294 Å². The highest BCUT2D eigenvalue weighted by atomic mass is 16.3. The zero-order chi connectivity index (χ0) is 120.